The van der Waals surface area contributed by atoms with E-state index in [0.717, 1.165) is 23.6 Å². The Kier molecular flexibility index (Phi) is 6.23. The smallest absolute Gasteiger partial charge is 0.234 e. The fourth-order valence-corrected chi connectivity index (χ4v) is 2.87. The van der Waals surface area contributed by atoms with E-state index < -0.39 is 0 Å². The van der Waals surface area contributed by atoms with Crippen molar-refractivity contribution < 1.29 is 4.79 Å². The molecule has 112 valence electrons. The van der Waals surface area contributed by atoms with Gasteiger partial charge in [-0.05, 0) is 42.6 Å². The van der Waals surface area contributed by atoms with Crippen LogP contribution in [0.3, 0.4) is 0 Å². The van der Waals surface area contributed by atoms with Gasteiger partial charge >= 0.3 is 0 Å². The summed E-state index contributed by atoms with van der Waals surface area (Å²) >= 11 is 7.57. The lowest BCUT2D eigenvalue weighted by Crippen LogP contribution is -2.35. The number of amides is 1. The molecule has 0 aliphatic heterocycles. The number of hydrogen-bond donors (Lipinski definition) is 1. The van der Waals surface area contributed by atoms with Crippen molar-refractivity contribution in [3.05, 3.63) is 57.2 Å². The van der Waals surface area contributed by atoms with Crippen molar-refractivity contribution in [1.29, 1.82) is 0 Å². The van der Waals surface area contributed by atoms with E-state index in [1.54, 1.807) is 11.3 Å². The largest absolute Gasteiger partial charge is 0.355 e. The molecule has 0 radical (unpaired) electrons. The van der Waals surface area contributed by atoms with Crippen LogP contribution in [0, 0.1) is 0 Å². The lowest BCUT2D eigenvalue weighted by atomic mass is 10.2. The van der Waals surface area contributed by atoms with Gasteiger partial charge in [-0.3, -0.25) is 9.69 Å². The van der Waals surface area contributed by atoms with Crippen molar-refractivity contribution in [2.75, 3.05) is 20.1 Å². The molecule has 0 unspecified atom stereocenters. The maximum atomic E-state index is 11.9. The molecule has 0 aliphatic rings. The van der Waals surface area contributed by atoms with E-state index in [-0.39, 0.29) is 5.91 Å². The number of hydrogen-bond acceptors (Lipinski definition) is 3. The van der Waals surface area contributed by atoms with E-state index in [1.807, 2.05) is 42.3 Å². The Balaban J connectivity index is 1.68. The fourth-order valence-electron chi connectivity index (χ4n) is 2.04. The van der Waals surface area contributed by atoms with Crippen molar-refractivity contribution in [2.45, 2.75) is 13.0 Å². The molecule has 21 heavy (non-hydrogen) atoms. The zero-order valence-electron chi connectivity index (χ0n) is 12.0. The maximum Gasteiger partial charge on any atom is 0.234 e. The van der Waals surface area contributed by atoms with Crippen LogP contribution in [0.25, 0.3) is 0 Å². The van der Waals surface area contributed by atoms with Gasteiger partial charge in [0.1, 0.15) is 0 Å². The fraction of sp³-hybridized carbons (Fsp3) is 0.312. The van der Waals surface area contributed by atoms with Crippen LogP contribution >= 0.6 is 22.9 Å². The predicted octanol–water partition coefficient (Wildman–Crippen LogP) is 3.19. The van der Waals surface area contributed by atoms with Gasteiger partial charge in [-0.15, -0.1) is 11.3 Å². The maximum absolute atomic E-state index is 11.9. The summed E-state index contributed by atoms with van der Waals surface area (Å²) in [5.74, 6) is 0.0584. The molecule has 3 nitrogen and oxygen atoms in total. The lowest BCUT2D eigenvalue weighted by Gasteiger charge is -2.16. The topological polar surface area (TPSA) is 32.3 Å². The second-order valence-corrected chi connectivity index (χ2v) is 6.45. The molecule has 0 bridgehead atoms. The number of thiophene rings is 1. The first-order chi connectivity index (χ1) is 10.1. The Morgan fingerprint density at radius 2 is 2.05 bits per heavy atom. The summed E-state index contributed by atoms with van der Waals surface area (Å²) in [6, 6.07) is 11.8. The second-order valence-electron chi connectivity index (χ2n) is 4.98. The van der Waals surface area contributed by atoms with Crippen LogP contribution < -0.4 is 5.32 Å². The Bertz CT molecular complexity index is 554. The Labute approximate surface area is 134 Å². The summed E-state index contributed by atoms with van der Waals surface area (Å²) in [7, 11) is 1.94. The normalized spacial score (nSPS) is 10.8. The number of rotatable bonds is 7. The summed E-state index contributed by atoms with van der Waals surface area (Å²) < 4.78 is 0. The molecule has 0 atom stereocenters. The first-order valence-electron chi connectivity index (χ1n) is 6.85. The van der Waals surface area contributed by atoms with Gasteiger partial charge in [-0.2, -0.15) is 0 Å². The number of nitrogens with one attached hydrogen (secondary N) is 1. The van der Waals surface area contributed by atoms with E-state index in [1.165, 1.54) is 4.88 Å². The number of likely N-dealkylation sites (N-methyl/N-ethyl adjacent to an activating group) is 1. The monoisotopic (exact) mass is 322 g/mol. The number of carbonyl (C=O) groups is 1. The zero-order chi connectivity index (χ0) is 15.1. The molecule has 0 aliphatic carbocycles. The summed E-state index contributed by atoms with van der Waals surface area (Å²) in [5.41, 5.74) is 1.15. The van der Waals surface area contributed by atoms with Gasteiger partial charge in [0.15, 0.2) is 0 Å². The first-order valence-corrected chi connectivity index (χ1v) is 8.11. The summed E-state index contributed by atoms with van der Waals surface area (Å²) in [6.07, 6.45) is 0.893. The Hall–Kier alpha value is -1.36. The minimum atomic E-state index is 0.0584. The van der Waals surface area contributed by atoms with E-state index in [2.05, 4.69) is 16.8 Å². The van der Waals surface area contributed by atoms with E-state index in [4.69, 9.17) is 11.6 Å². The van der Waals surface area contributed by atoms with Crippen molar-refractivity contribution in [3.63, 3.8) is 0 Å². The third-order valence-corrected chi connectivity index (χ3v) is 4.24. The van der Waals surface area contributed by atoms with Crippen LogP contribution in [0.4, 0.5) is 0 Å². The van der Waals surface area contributed by atoms with Crippen molar-refractivity contribution in [3.8, 4) is 0 Å². The zero-order valence-corrected chi connectivity index (χ0v) is 13.6. The van der Waals surface area contributed by atoms with Crippen molar-refractivity contribution in [2.24, 2.45) is 0 Å². The molecule has 1 N–H and O–H groups in total. The number of carbonyl (C=O) groups excluding carboxylic acids is 1. The van der Waals surface area contributed by atoms with Crippen molar-refractivity contribution in [1.82, 2.24) is 10.2 Å². The summed E-state index contributed by atoms with van der Waals surface area (Å²) in [6.45, 7) is 1.82. The Morgan fingerprint density at radius 1 is 1.29 bits per heavy atom. The second kappa shape index (κ2) is 8.17. The number of benzene rings is 1. The van der Waals surface area contributed by atoms with Gasteiger partial charge in [-0.25, -0.2) is 0 Å². The molecule has 1 aromatic heterocycles. The summed E-state index contributed by atoms with van der Waals surface area (Å²) in [4.78, 5) is 15.1. The van der Waals surface area contributed by atoms with Crippen LogP contribution in [0.5, 0.6) is 0 Å². The van der Waals surface area contributed by atoms with Crippen LogP contribution in [-0.2, 0) is 17.8 Å². The average molecular weight is 323 g/mol. The average Bonchev–Trinajstić information content (AvgIpc) is 2.94. The molecular weight excluding hydrogens is 304 g/mol. The first kappa shape index (κ1) is 16.0. The molecule has 0 saturated heterocycles. The van der Waals surface area contributed by atoms with E-state index >= 15 is 0 Å². The van der Waals surface area contributed by atoms with Crippen LogP contribution in [0.15, 0.2) is 41.8 Å². The minimum absolute atomic E-state index is 0.0584. The number of halogens is 1. The predicted molar refractivity (Wildman–Crippen MR) is 88.8 cm³/mol. The van der Waals surface area contributed by atoms with Gasteiger partial charge in [0, 0.05) is 23.0 Å². The summed E-state index contributed by atoms with van der Waals surface area (Å²) in [5, 5.41) is 5.73. The highest BCUT2D eigenvalue weighted by Gasteiger charge is 2.07. The molecule has 0 spiro atoms. The van der Waals surface area contributed by atoms with Gasteiger partial charge in [-0.1, -0.05) is 29.8 Å². The molecule has 1 heterocycles. The molecule has 5 heteroatoms. The highest BCUT2D eigenvalue weighted by Crippen LogP contribution is 2.11. The Morgan fingerprint density at radius 3 is 2.71 bits per heavy atom. The van der Waals surface area contributed by atoms with Gasteiger partial charge in [0.05, 0.1) is 6.54 Å². The third-order valence-electron chi connectivity index (χ3n) is 3.05. The van der Waals surface area contributed by atoms with Crippen LogP contribution in [0.1, 0.15) is 10.4 Å². The molecule has 0 saturated carbocycles. The quantitative estimate of drug-likeness (QED) is 0.849. The van der Waals surface area contributed by atoms with E-state index in [9.17, 15) is 4.79 Å². The highest BCUT2D eigenvalue weighted by molar-refractivity contribution is 7.09. The van der Waals surface area contributed by atoms with E-state index in [0.29, 0.717) is 13.1 Å². The lowest BCUT2D eigenvalue weighted by molar-refractivity contribution is -0.122. The molecule has 2 rings (SSSR count). The molecule has 1 amide bonds. The third kappa shape index (κ3) is 5.87. The van der Waals surface area contributed by atoms with Crippen LogP contribution in [-0.4, -0.2) is 30.9 Å². The molecule has 1 aromatic carbocycles. The van der Waals surface area contributed by atoms with Crippen molar-refractivity contribution >= 4 is 28.8 Å². The highest BCUT2D eigenvalue weighted by atomic mass is 35.5. The molecule has 0 fully saturated rings. The SMILES string of the molecule is CN(CC(=O)NCCc1cccs1)Cc1ccc(Cl)cc1. The standard InChI is InChI=1S/C16H19ClN2OS/c1-19(11-13-4-6-14(17)7-5-13)12-16(20)18-9-8-15-3-2-10-21-15/h2-7,10H,8-9,11-12H2,1H3,(H,18,20). The van der Waals surface area contributed by atoms with Crippen LogP contribution in [0.2, 0.25) is 5.02 Å². The van der Waals surface area contributed by atoms with Gasteiger partial charge in [0.25, 0.3) is 0 Å². The number of nitrogens with zero attached hydrogens (tertiary/aromatic N) is 1. The van der Waals surface area contributed by atoms with Gasteiger partial charge in [0.2, 0.25) is 5.91 Å². The molecular formula is C16H19ClN2OS. The molecule has 2 aromatic rings. The minimum Gasteiger partial charge on any atom is -0.355 e. The van der Waals surface area contributed by atoms with Gasteiger partial charge < -0.3 is 5.32 Å².